The molecule has 0 aliphatic heterocycles. The highest BCUT2D eigenvalue weighted by atomic mass is 32.1. The molecule has 0 aromatic carbocycles. The summed E-state index contributed by atoms with van der Waals surface area (Å²) in [6, 6.07) is 0.129. The predicted octanol–water partition coefficient (Wildman–Crippen LogP) is 0.948. The van der Waals surface area contributed by atoms with Crippen LogP contribution in [-0.4, -0.2) is 34.2 Å². The standard InChI is InChI=1S/C10H16N4OS/c1-3-15-6-7(2)14-10-8(9(11)16)12-4-5-13-10/h4-5,7H,3,6H2,1-2H3,(H2,11,16)(H,13,14). The van der Waals surface area contributed by atoms with E-state index in [-0.39, 0.29) is 11.0 Å². The van der Waals surface area contributed by atoms with Crippen LogP contribution in [0.25, 0.3) is 0 Å². The Hall–Kier alpha value is -1.27. The van der Waals surface area contributed by atoms with Gasteiger partial charge in [-0.05, 0) is 13.8 Å². The molecule has 1 aromatic rings. The van der Waals surface area contributed by atoms with Crippen molar-refractivity contribution in [2.75, 3.05) is 18.5 Å². The summed E-state index contributed by atoms with van der Waals surface area (Å²) >= 11 is 4.89. The van der Waals surface area contributed by atoms with Crippen molar-refractivity contribution in [1.29, 1.82) is 0 Å². The summed E-state index contributed by atoms with van der Waals surface area (Å²) in [5, 5.41) is 3.16. The first kappa shape index (κ1) is 12.8. The molecule has 0 radical (unpaired) electrons. The Balaban J connectivity index is 2.69. The maximum absolute atomic E-state index is 5.55. The van der Waals surface area contributed by atoms with E-state index in [1.165, 1.54) is 0 Å². The molecule has 0 aliphatic rings. The van der Waals surface area contributed by atoms with Crippen molar-refractivity contribution >= 4 is 23.0 Å². The van der Waals surface area contributed by atoms with E-state index in [9.17, 15) is 0 Å². The van der Waals surface area contributed by atoms with Gasteiger partial charge in [-0.1, -0.05) is 12.2 Å². The van der Waals surface area contributed by atoms with Crippen molar-refractivity contribution in [3.8, 4) is 0 Å². The average molecular weight is 240 g/mol. The highest BCUT2D eigenvalue weighted by molar-refractivity contribution is 7.80. The number of nitrogens with two attached hydrogens (primary N) is 1. The Morgan fingerprint density at radius 3 is 2.88 bits per heavy atom. The van der Waals surface area contributed by atoms with Crippen molar-refractivity contribution in [3.63, 3.8) is 0 Å². The molecule has 0 saturated heterocycles. The summed E-state index contributed by atoms with van der Waals surface area (Å²) < 4.78 is 5.29. The van der Waals surface area contributed by atoms with Gasteiger partial charge in [0.05, 0.1) is 6.61 Å². The predicted molar refractivity (Wildman–Crippen MR) is 67.5 cm³/mol. The second-order valence-electron chi connectivity index (χ2n) is 3.32. The Morgan fingerprint density at radius 2 is 2.25 bits per heavy atom. The molecule has 3 N–H and O–H groups in total. The maximum atomic E-state index is 5.55. The minimum absolute atomic E-state index is 0.129. The van der Waals surface area contributed by atoms with Gasteiger partial charge >= 0.3 is 0 Å². The molecule has 0 fully saturated rings. The molecule has 0 bridgehead atoms. The van der Waals surface area contributed by atoms with Crippen molar-refractivity contribution in [1.82, 2.24) is 9.97 Å². The van der Waals surface area contributed by atoms with Crippen molar-refractivity contribution in [3.05, 3.63) is 18.1 Å². The molecule has 88 valence electrons. The maximum Gasteiger partial charge on any atom is 0.155 e. The van der Waals surface area contributed by atoms with Crippen LogP contribution in [0, 0.1) is 0 Å². The lowest BCUT2D eigenvalue weighted by Gasteiger charge is -2.15. The van der Waals surface area contributed by atoms with Crippen molar-refractivity contribution in [2.45, 2.75) is 19.9 Å². The number of anilines is 1. The van der Waals surface area contributed by atoms with E-state index in [1.54, 1.807) is 12.4 Å². The Labute approximate surface area is 100 Å². The summed E-state index contributed by atoms with van der Waals surface area (Å²) in [7, 11) is 0. The lowest BCUT2D eigenvalue weighted by molar-refractivity contribution is 0.141. The normalized spacial score (nSPS) is 12.1. The van der Waals surface area contributed by atoms with Gasteiger partial charge in [0, 0.05) is 25.0 Å². The summed E-state index contributed by atoms with van der Waals surface area (Å²) in [6.45, 7) is 5.24. The molecule has 6 heteroatoms. The van der Waals surface area contributed by atoms with E-state index in [4.69, 9.17) is 22.7 Å². The van der Waals surface area contributed by atoms with Crippen LogP contribution in [0.2, 0.25) is 0 Å². The fourth-order valence-electron chi connectivity index (χ4n) is 1.19. The van der Waals surface area contributed by atoms with Gasteiger partial charge in [-0.3, -0.25) is 0 Å². The van der Waals surface area contributed by atoms with Crippen LogP contribution in [0.5, 0.6) is 0 Å². The van der Waals surface area contributed by atoms with Gasteiger partial charge in [-0.15, -0.1) is 0 Å². The quantitative estimate of drug-likeness (QED) is 0.721. The van der Waals surface area contributed by atoms with Gasteiger partial charge in [-0.25, -0.2) is 9.97 Å². The van der Waals surface area contributed by atoms with E-state index in [1.807, 2.05) is 13.8 Å². The summed E-state index contributed by atoms with van der Waals surface area (Å²) in [5.74, 6) is 0.599. The molecule has 0 spiro atoms. The van der Waals surface area contributed by atoms with Crippen LogP contribution in [0.4, 0.5) is 5.82 Å². The van der Waals surface area contributed by atoms with Crippen molar-refractivity contribution in [2.24, 2.45) is 5.73 Å². The van der Waals surface area contributed by atoms with Gasteiger partial charge in [0.25, 0.3) is 0 Å². The third kappa shape index (κ3) is 3.71. The Morgan fingerprint density at radius 1 is 1.56 bits per heavy atom. The average Bonchev–Trinajstić information content (AvgIpc) is 2.27. The van der Waals surface area contributed by atoms with E-state index in [2.05, 4.69) is 15.3 Å². The second kappa shape index (κ2) is 6.34. The van der Waals surface area contributed by atoms with Gasteiger partial charge in [0.15, 0.2) is 5.82 Å². The van der Waals surface area contributed by atoms with Crippen LogP contribution in [-0.2, 0) is 4.74 Å². The number of hydrogen-bond acceptors (Lipinski definition) is 5. The summed E-state index contributed by atoms with van der Waals surface area (Å²) in [4.78, 5) is 8.47. The van der Waals surface area contributed by atoms with Gasteiger partial charge in [0.1, 0.15) is 10.7 Å². The van der Waals surface area contributed by atoms with Crippen LogP contribution >= 0.6 is 12.2 Å². The number of hydrogen-bond donors (Lipinski definition) is 2. The van der Waals surface area contributed by atoms with Crippen LogP contribution in [0.15, 0.2) is 12.4 Å². The minimum atomic E-state index is 0.129. The number of ether oxygens (including phenoxy) is 1. The molecular weight excluding hydrogens is 224 g/mol. The molecule has 1 heterocycles. The first-order chi connectivity index (χ1) is 7.65. The third-order valence-electron chi connectivity index (χ3n) is 1.89. The van der Waals surface area contributed by atoms with Crippen LogP contribution in [0.1, 0.15) is 19.5 Å². The first-order valence-corrected chi connectivity index (χ1v) is 5.51. The molecule has 1 unspecified atom stereocenters. The second-order valence-corrected chi connectivity index (χ2v) is 3.76. The third-order valence-corrected chi connectivity index (χ3v) is 2.08. The molecule has 1 rings (SSSR count). The van der Waals surface area contributed by atoms with Crippen LogP contribution < -0.4 is 11.1 Å². The first-order valence-electron chi connectivity index (χ1n) is 5.10. The number of thiocarbonyl (C=S) groups is 1. The molecule has 5 nitrogen and oxygen atoms in total. The Kier molecular flexibility index (Phi) is 5.07. The zero-order valence-corrected chi connectivity index (χ0v) is 10.3. The van der Waals surface area contributed by atoms with Crippen LogP contribution in [0.3, 0.4) is 0 Å². The lowest BCUT2D eigenvalue weighted by Crippen LogP contribution is -2.25. The van der Waals surface area contributed by atoms with Crippen molar-refractivity contribution < 1.29 is 4.74 Å². The van der Waals surface area contributed by atoms with Gasteiger partial charge in [-0.2, -0.15) is 0 Å². The Bertz CT molecular complexity index is 358. The topological polar surface area (TPSA) is 73.1 Å². The molecular formula is C10H16N4OS. The highest BCUT2D eigenvalue weighted by Gasteiger charge is 2.10. The lowest BCUT2D eigenvalue weighted by atomic mass is 10.3. The number of nitrogens with zero attached hydrogens (tertiary/aromatic N) is 2. The smallest absolute Gasteiger partial charge is 0.155 e. The zero-order valence-electron chi connectivity index (χ0n) is 9.43. The summed E-state index contributed by atoms with van der Waals surface area (Å²) in [6.07, 6.45) is 3.16. The molecule has 16 heavy (non-hydrogen) atoms. The summed E-state index contributed by atoms with van der Waals surface area (Å²) in [5.41, 5.74) is 6.06. The molecule has 0 aliphatic carbocycles. The van der Waals surface area contributed by atoms with E-state index >= 15 is 0 Å². The fourth-order valence-corrected chi connectivity index (χ4v) is 1.34. The minimum Gasteiger partial charge on any atom is -0.388 e. The highest BCUT2D eigenvalue weighted by Crippen LogP contribution is 2.09. The number of aromatic nitrogens is 2. The molecule has 0 saturated carbocycles. The van der Waals surface area contributed by atoms with Gasteiger partial charge < -0.3 is 15.8 Å². The van der Waals surface area contributed by atoms with Gasteiger partial charge in [0.2, 0.25) is 0 Å². The zero-order chi connectivity index (χ0) is 12.0. The van der Waals surface area contributed by atoms with E-state index < -0.39 is 0 Å². The SMILES string of the molecule is CCOCC(C)Nc1nccnc1C(N)=S. The molecule has 1 atom stereocenters. The molecule has 0 amide bonds. The number of nitrogens with one attached hydrogen (secondary N) is 1. The van der Waals surface area contributed by atoms with E-state index in [0.717, 1.165) is 0 Å². The fraction of sp³-hybridized carbons (Fsp3) is 0.500. The molecule has 1 aromatic heterocycles. The van der Waals surface area contributed by atoms with E-state index in [0.29, 0.717) is 24.7 Å². The largest absolute Gasteiger partial charge is 0.388 e. The number of rotatable bonds is 6. The monoisotopic (exact) mass is 240 g/mol.